The lowest BCUT2D eigenvalue weighted by Crippen LogP contribution is -2.50. The van der Waals surface area contributed by atoms with E-state index in [9.17, 15) is 9.59 Å². The van der Waals surface area contributed by atoms with Gasteiger partial charge >= 0.3 is 0 Å². The molecule has 2 N–H and O–H groups in total. The van der Waals surface area contributed by atoms with Crippen molar-refractivity contribution < 1.29 is 9.59 Å². The second kappa shape index (κ2) is 9.92. The first-order valence-corrected chi connectivity index (χ1v) is 11.5. The molecule has 1 saturated heterocycles. The van der Waals surface area contributed by atoms with Gasteiger partial charge in [-0.2, -0.15) is 5.26 Å². The first kappa shape index (κ1) is 23.2. The summed E-state index contributed by atoms with van der Waals surface area (Å²) in [5, 5.41) is 8.97. The number of carbonyl (C=O) groups is 2. The van der Waals surface area contributed by atoms with Crippen LogP contribution in [0.2, 0.25) is 0 Å². The van der Waals surface area contributed by atoms with E-state index in [0.717, 1.165) is 22.4 Å². The van der Waals surface area contributed by atoms with Crippen LogP contribution in [-0.2, 0) is 29.0 Å². The van der Waals surface area contributed by atoms with E-state index >= 15 is 0 Å². The zero-order chi connectivity index (χ0) is 24.1. The van der Waals surface area contributed by atoms with Crippen LogP contribution < -0.4 is 5.73 Å². The molecule has 0 unspecified atom stereocenters. The minimum atomic E-state index is -0.623. The van der Waals surface area contributed by atoms with Crippen LogP contribution in [0.25, 0.3) is 0 Å². The summed E-state index contributed by atoms with van der Waals surface area (Å²) < 4.78 is 1.95. The van der Waals surface area contributed by atoms with Crippen molar-refractivity contribution in [2.45, 2.75) is 39.2 Å². The Bertz CT molecular complexity index is 1210. The average Bonchev–Trinajstić information content (AvgIpc) is 3.26. The van der Waals surface area contributed by atoms with Crippen LogP contribution in [0, 0.1) is 23.7 Å². The molecule has 0 bridgehead atoms. The third kappa shape index (κ3) is 5.18. The first-order valence-electron chi connectivity index (χ1n) is 11.5. The molecule has 1 fully saturated rings. The van der Waals surface area contributed by atoms with Crippen molar-refractivity contribution in [2.24, 2.45) is 11.1 Å². The number of amides is 2. The van der Waals surface area contributed by atoms with E-state index in [1.54, 1.807) is 24.7 Å². The molecule has 2 amide bonds. The lowest BCUT2D eigenvalue weighted by molar-refractivity contribution is -0.138. The molecule has 1 aliphatic rings. The molecule has 34 heavy (non-hydrogen) atoms. The minimum Gasteiger partial charge on any atom is -0.369 e. The van der Waals surface area contributed by atoms with Crippen molar-refractivity contribution >= 4 is 11.8 Å². The SMILES string of the molecule is Cc1cccc(CC2(C(N)=O)CCN(C(=O)Cc3cncn3Cc3ccc(C#N)cc3)CC2)c1. The first-order chi connectivity index (χ1) is 16.4. The van der Waals surface area contributed by atoms with E-state index < -0.39 is 5.41 Å². The third-order valence-electron chi connectivity index (χ3n) is 6.79. The molecule has 0 aliphatic carbocycles. The average molecular weight is 456 g/mol. The van der Waals surface area contributed by atoms with E-state index in [-0.39, 0.29) is 18.2 Å². The maximum Gasteiger partial charge on any atom is 0.228 e. The molecule has 0 radical (unpaired) electrons. The standard InChI is InChI=1S/C27H29N5O2/c1-20-3-2-4-23(13-20)15-27(26(29)34)9-11-31(12-10-27)25(33)14-24-17-30-19-32(24)18-22-7-5-21(16-28)6-8-22/h2-8,13,17,19H,9-12,14-15,18H2,1H3,(H2,29,34). The highest BCUT2D eigenvalue weighted by atomic mass is 16.2. The van der Waals surface area contributed by atoms with Gasteiger partial charge in [0, 0.05) is 31.5 Å². The number of aromatic nitrogens is 2. The van der Waals surface area contributed by atoms with Gasteiger partial charge in [-0.3, -0.25) is 9.59 Å². The highest BCUT2D eigenvalue weighted by molar-refractivity contribution is 5.82. The molecule has 1 aromatic heterocycles. The van der Waals surface area contributed by atoms with Crippen LogP contribution in [0.4, 0.5) is 0 Å². The van der Waals surface area contributed by atoms with Gasteiger partial charge in [0.2, 0.25) is 11.8 Å². The van der Waals surface area contributed by atoms with Crippen LogP contribution in [0.15, 0.2) is 61.1 Å². The van der Waals surface area contributed by atoms with E-state index in [4.69, 9.17) is 11.0 Å². The number of likely N-dealkylation sites (tertiary alicyclic amines) is 1. The number of primary amides is 1. The molecule has 2 aromatic carbocycles. The number of aryl methyl sites for hydroxylation is 1. The van der Waals surface area contributed by atoms with E-state index in [0.29, 0.717) is 44.5 Å². The van der Waals surface area contributed by atoms with Gasteiger partial charge in [-0.25, -0.2) is 4.98 Å². The fourth-order valence-corrected chi connectivity index (χ4v) is 4.69. The van der Waals surface area contributed by atoms with Crippen molar-refractivity contribution in [3.05, 3.63) is 89.0 Å². The number of hydrogen-bond donors (Lipinski definition) is 1. The fourth-order valence-electron chi connectivity index (χ4n) is 4.69. The van der Waals surface area contributed by atoms with Gasteiger partial charge < -0.3 is 15.2 Å². The molecule has 3 aromatic rings. The fraction of sp³-hybridized carbons (Fsp3) is 0.333. The Hall–Kier alpha value is -3.92. The topological polar surface area (TPSA) is 105 Å². The smallest absolute Gasteiger partial charge is 0.228 e. The lowest BCUT2D eigenvalue weighted by atomic mass is 9.73. The van der Waals surface area contributed by atoms with Crippen molar-refractivity contribution in [1.29, 1.82) is 5.26 Å². The minimum absolute atomic E-state index is 0.0233. The second-order valence-corrected chi connectivity index (χ2v) is 9.19. The van der Waals surface area contributed by atoms with Crippen molar-refractivity contribution in [3.63, 3.8) is 0 Å². The van der Waals surface area contributed by atoms with Gasteiger partial charge in [0.1, 0.15) is 0 Å². The molecule has 1 aliphatic heterocycles. The Balaban J connectivity index is 1.38. The number of rotatable bonds is 7. The van der Waals surface area contributed by atoms with Gasteiger partial charge in [-0.1, -0.05) is 42.0 Å². The summed E-state index contributed by atoms with van der Waals surface area (Å²) in [5.74, 6) is -0.267. The Morgan fingerprint density at radius 2 is 1.85 bits per heavy atom. The van der Waals surface area contributed by atoms with Crippen molar-refractivity contribution in [3.8, 4) is 6.07 Å². The Kier molecular flexibility index (Phi) is 6.78. The molecule has 0 atom stereocenters. The Labute approximate surface area is 199 Å². The zero-order valence-electron chi connectivity index (χ0n) is 19.4. The summed E-state index contributed by atoms with van der Waals surface area (Å²) in [6.45, 7) is 3.64. The summed E-state index contributed by atoms with van der Waals surface area (Å²) in [6, 6.07) is 17.7. The van der Waals surface area contributed by atoms with Crippen LogP contribution >= 0.6 is 0 Å². The largest absolute Gasteiger partial charge is 0.369 e. The zero-order valence-corrected chi connectivity index (χ0v) is 19.4. The summed E-state index contributed by atoms with van der Waals surface area (Å²) in [7, 11) is 0. The highest BCUT2D eigenvalue weighted by Crippen LogP contribution is 2.35. The van der Waals surface area contributed by atoms with Crippen LogP contribution in [0.5, 0.6) is 0 Å². The maximum atomic E-state index is 13.1. The summed E-state index contributed by atoms with van der Waals surface area (Å²) in [5.41, 5.74) is 9.98. The highest BCUT2D eigenvalue weighted by Gasteiger charge is 2.41. The molecule has 2 heterocycles. The number of nitrogens with two attached hydrogens (primary N) is 1. The monoisotopic (exact) mass is 455 g/mol. The van der Waals surface area contributed by atoms with Gasteiger partial charge in [0.15, 0.2) is 0 Å². The number of hydrogen-bond acceptors (Lipinski definition) is 4. The number of benzene rings is 2. The summed E-state index contributed by atoms with van der Waals surface area (Å²) in [6.07, 6.45) is 5.41. The van der Waals surface area contributed by atoms with Gasteiger partial charge in [-0.15, -0.1) is 0 Å². The summed E-state index contributed by atoms with van der Waals surface area (Å²) in [4.78, 5) is 31.6. The van der Waals surface area contributed by atoms with Gasteiger partial charge in [-0.05, 0) is 49.4 Å². The van der Waals surface area contributed by atoms with Crippen molar-refractivity contribution in [2.75, 3.05) is 13.1 Å². The third-order valence-corrected chi connectivity index (χ3v) is 6.79. The molecule has 174 valence electrons. The molecular weight excluding hydrogens is 426 g/mol. The number of nitriles is 1. The van der Waals surface area contributed by atoms with Crippen LogP contribution in [0.3, 0.4) is 0 Å². The predicted molar refractivity (Wildman–Crippen MR) is 129 cm³/mol. The quantitative estimate of drug-likeness (QED) is 0.591. The molecule has 0 spiro atoms. The molecule has 4 rings (SSSR count). The maximum absolute atomic E-state index is 13.1. The van der Waals surface area contributed by atoms with Crippen LogP contribution in [0.1, 0.15) is 40.8 Å². The second-order valence-electron chi connectivity index (χ2n) is 9.19. The van der Waals surface area contributed by atoms with E-state index in [2.05, 4.69) is 17.1 Å². The van der Waals surface area contributed by atoms with E-state index in [1.165, 1.54) is 0 Å². The molecule has 7 heteroatoms. The molecule has 7 nitrogen and oxygen atoms in total. The van der Waals surface area contributed by atoms with Gasteiger partial charge in [0.25, 0.3) is 0 Å². The summed E-state index contributed by atoms with van der Waals surface area (Å²) >= 11 is 0. The number of piperidine rings is 1. The Morgan fingerprint density at radius 1 is 1.12 bits per heavy atom. The predicted octanol–water partition coefficient (Wildman–Crippen LogP) is 2.99. The molecule has 0 saturated carbocycles. The number of nitrogens with zero attached hydrogens (tertiary/aromatic N) is 4. The number of carbonyl (C=O) groups excluding carboxylic acids is 2. The Morgan fingerprint density at radius 3 is 2.50 bits per heavy atom. The van der Waals surface area contributed by atoms with Gasteiger partial charge in [0.05, 0.1) is 29.8 Å². The van der Waals surface area contributed by atoms with E-state index in [1.807, 2.05) is 46.7 Å². The number of imidazole rings is 1. The normalized spacial score (nSPS) is 15.0. The van der Waals surface area contributed by atoms with Crippen molar-refractivity contribution in [1.82, 2.24) is 14.5 Å². The lowest BCUT2D eigenvalue weighted by Gasteiger charge is -2.40. The molecular formula is C27H29N5O2. The van der Waals surface area contributed by atoms with Crippen LogP contribution in [-0.4, -0.2) is 39.4 Å².